The van der Waals surface area contributed by atoms with E-state index in [0.717, 1.165) is 19.4 Å². The van der Waals surface area contributed by atoms with Crippen LogP contribution in [0.4, 0.5) is 0 Å². The fourth-order valence-electron chi connectivity index (χ4n) is 0.663. The first kappa shape index (κ1) is 8.67. The van der Waals surface area contributed by atoms with Crippen molar-refractivity contribution in [3.05, 3.63) is 6.42 Å². The van der Waals surface area contributed by atoms with Crippen LogP contribution in [-0.2, 0) is 0 Å². The van der Waals surface area contributed by atoms with Crippen molar-refractivity contribution in [2.45, 2.75) is 33.6 Å². The van der Waals surface area contributed by atoms with Gasteiger partial charge in [-0.3, -0.25) is 4.99 Å². The van der Waals surface area contributed by atoms with Crippen LogP contribution >= 0.6 is 0 Å². The highest BCUT2D eigenvalue weighted by Crippen LogP contribution is 1.90. The molecule has 0 rings (SSSR count). The van der Waals surface area contributed by atoms with E-state index in [-0.39, 0.29) is 0 Å². The Morgan fingerprint density at radius 2 is 2.22 bits per heavy atom. The Kier molecular flexibility index (Phi) is 5.59. The van der Waals surface area contributed by atoms with E-state index in [9.17, 15) is 0 Å². The second-order valence-corrected chi connectivity index (χ2v) is 2.23. The highest BCUT2D eigenvalue weighted by molar-refractivity contribution is 5.82. The molecule has 1 radical (unpaired) electrons. The summed E-state index contributed by atoms with van der Waals surface area (Å²) in [6.07, 6.45) is 4.33. The minimum atomic E-state index is 0.986. The summed E-state index contributed by atoms with van der Waals surface area (Å²) in [7, 11) is 0. The molecule has 0 amide bonds. The number of aliphatic imine (C=N–C) groups is 1. The van der Waals surface area contributed by atoms with Crippen molar-refractivity contribution < 1.29 is 0 Å². The molecule has 53 valence electrons. The molecule has 0 saturated heterocycles. The molecular formula is C8H16N. The maximum Gasteiger partial charge on any atom is 0.0385 e. The standard InChI is InChI=1S/C8H16N/c1-4-6-8(3)9-7-5-2/h4H,5-7H2,1-3H3/b9-8+. The minimum absolute atomic E-state index is 0.986. The molecule has 0 saturated carbocycles. The molecule has 0 spiro atoms. The molecule has 0 aliphatic carbocycles. The lowest BCUT2D eigenvalue weighted by molar-refractivity contribution is 0.925. The summed E-state index contributed by atoms with van der Waals surface area (Å²) in [5, 5.41) is 0. The lowest BCUT2D eigenvalue weighted by Crippen LogP contribution is -1.91. The van der Waals surface area contributed by atoms with Gasteiger partial charge in [-0.25, -0.2) is 0 Å². The van der Waals surface area contributed by atoms with Gasteiger partial charge in [0, 0.05) is 12.3 Å². The molecule has 9 heavy (non-hydrogen) atoms. The molecule has 0 heterocycles. The SMILES string of the molecule is C[CH]C/C(C)=N/CCC. The van der Waals surface area contributed by atoms with E-state index in [1.54, 1.807) is 0 Å². The van der Waals surface area contributed by atoms with E-state index >= 15 is 0 Å². The maximum absolute atomic E-state index is 4.32. The van der Waals surface area contributed by atoms with E-state index in [4.69, 9.17) is 0 Å². The Hall–Kier alpha value is -0.330. The zero-order chi connectivity index (χ0) is 7.11. The number of rotatable bonds is 4. The molecule has 1 heteroatoms. The predicted octanol–water partition coefficient (Wildman–Crippen LogP) is 2.47. The second-order valence-electron chi connectivity index (χ2n) is 2.23. The topological polar surface area (TPSA) is 12.4 Å². The van der Waals surface area contributed by atoms with Gasteiger partial charge in [0.15, 0.2) is 0 Å². The van der Waals surface area contributed by atoms with E-state index in [1.807, 2.05) is 0 Å². The monoisotopic (exact) mass is 126 g/mol. The zero-order valence-corrected chi connectivity index (χ0v) is 6.65. The van der Waals surface area contributed by atoms with Crippen molar-refractivity contribution in [3.8, 4) is 0 Å². The van der Waals surface area contributed by atoms with Gasteiger partial charge in [0.1, 0.15) is 0 Å². The van der Waals surface area contributed by atoms with Crippen LogP contribution in [0.3, 0.4) is 0 Å². The Labute approximate surface area is 58.2 Å². The van der Waals surface area contributed by atoms with E-state index in [1.165, 1.54) is 5.71 Å². The molecule has 0 atom stereocenters. The first-order valence-electron chi connectivity index (χ1n) is 3.59. The summed E-state index contributed by atoms with van der Waals surface area (Å²) in [6, 6.07) is 0. The van der Waals surface area contributed by atoms with Crippen molar-refractivity contribution in [1.29, 1.82) is 0 Å². The van der Waals surface area contributed by atoms with Gasteiger partial charge in [-0.1, -0.05) is 13.8 Å². The zero-order valence-electron chi connectivity index (χ0n) is 6.65. The molecule has 0 aromatic rings. The predicted molar refractivity (Wildman–Crippen MR) is 42.9 cm³/mol. The third-order valence-electron chi connectivity index (χ3n) is 1.10. The quantitative estimate of drug-likeness (QED) is 0.513. The number of nitrogens with zero attached hydrogens (tertiary/aromatic N) is 1. The summed E-state index contributed by atoms with van der Waals surface area (Å²) >= 11 is 0. The molecule has 0 fully saturated rings. The molecule has 0 aromatic carbocycles. The van der Waals surface area contributed by atoms with Gasteiger partial charge < -0.3 is 0 Å². The molecule has 0 aliphatic rings. The Morgan fingerprint density at radius 1 is 1.56 bits per heavy atom. The van der Waals surface area contributed by atoms with Crippen LogP contribution in [0.25, 0.3) is 0 Å². The average Bonchev–Trinajstić information content (AvgIpc) is 1.85. The number of hydrogen-bond donors (Lipinski definition) is 0. The maximum atomic E-state index is 4.32. The van der Waals surface area contributed by atoms with Crippen molar-refractivity contribution in [1.82, 2.24) is 0 Å². The number of hydrogen-bond acceptors (Lipinski definition) is 1. The van der Waals surface area contributed by atoms with Gasteiger partial charge >= 0.3 is 0 Å². The van der Waals surface area contributed by atoms with E-state index < -0.39 is 0 Å². The van der Waals surface area contributed by atoms with Crippen LogP contribution in [-0.4, -0.2) is 12.3 Å². The van der Waals surface area contributed by atoms with Crippen molar-refractivity contribution in [2.75, 3.05) is 6.54 Å². The smallest absolute Gasteiger partial charge is 0.0385 e. The lowest BCUT2D eigenvalue weighted by Gasteiger charge is -1.94. The van der Waals surface area contributed by atoms with Gasteiger partial charge in [-0.2, -0.15) is 0 Å². The van der Waals surface area contributed by atoms with Crippen LogP contribution in [0.1, 0.15) is 33.6 Å². The van der Waals surface area contributed by atoms with Gasteiger partial charge in [-0.05, 0) is 26.2 Å². The highest BCUT2D eigenvalue weighted by Gasteiger charge is 1.85. The fraction of sp³-hybridized carbons (Fsp3) is 0.750. The molecule has 0 aliphatic heterocycles. The van der Waals surface area contributed by atoms with Gasteiger partial charge in [-0.15, -0.1) is 0 Å². The van der Waals surface area contributed by atoms with E-state index in [0.29, 0.717) is 0 Å². The molecule has 0 unspecified atom stereocenters. The first-order valence-corrected chi connectivity index (χ1v) is 3.59. The molecule has 1 nitrogen and oxygen atoms in total. The van der Waals surface area contributed by atoms with Crippen molar-refractivity contribution in [2.24, 2.45) is 4.99 Å². The average molecular weight is 126 g/mol. The van der Waals surface area contributed by atoms with Crippen LogP contribution in [0, 0.1) is 6.42 Å². The Bertz CT molecular complexity index is 84.6. The van der Waals surface area contributed by atoms with Crippen LogP contribution in [0.2, 0.25) is 0 Å². The molecular weight excluding hydrogens is 110 g/mol. The summed E-state index contributed by atoms with van der Waals surface area (Å²) < 4.78 is 0. The third kappa shape index (κ3) is 5.54. The van der Waals surface area contributed by atoms with Gasteiger partial charge in [0.2, 0.25) is 0 Å². The highest BCUT2D eigenvalue weighted by atomic mass is 14.7. The molecule has 0 bridgehead atoms. The normalized spacial score (nSPS) is 12.1. The van der Waals surface area contributed by atoms with Crippen molar-refractivity contribution in [3.63, 3.8) is 0 Å². The van der Waals surface area contributed by atoms with Gasteiger partial charge in [0.05, 0.1) is 0 Å². The first-order chi connectivity index (χ1) is 4.31. The molecule has 0 aromatic heterocycles. The second kappa shape index (κ2) is 5.80. The molecule has 0 N–H and O–H groups in total. The van der Waals surface area contributed by atoms with Crippen LogP contribution < -0.4 is 0 Å². The van der Waals surface area contributed by atoms with Crippen LogP contribution in [0.5, 0.6) is 0 Å². The summed E-state index contributed by atoms with van der Waals surface area (Å²) in [5.41, 5.74) is 1.25. The van der Waals surface area contributed by atoms with Crippen LogP contribution in [0.15, 0.2) is 4.99 Å². The Balaban J connectivity index is 3.30. The van der Waals surface area contributed by atoms with Gasteiger partial charge in [0.25, 0.3) is 0 Å². The summed E-state index contributed by atoms with van der Waals surface area (Å²) in [4.78, 5) is 4.32. The fourth-order valence-corrected chi connectivity index (χ4v) is 0.663. The lowest BCUT2D eigenvalue weighted by atomic mass is 10.2. The third-order valence-corrected chi connectivity index (χ3v) is 1.10. The van der Waals surface area contributed by atoms with Crippen molar-refractivity contribution >= 4 is 5.71 Å². The Morgan fingerprint density at radius 3 is 2.67 bits per heavy atom. The largest absolute Gasteiger partial charge is 0.294 e. The summed E-state index contributed by atoms with van der Waals surface area (Å²) in [6.45, 7) is 7.27. The van der Waals surface area contributed by atoms with E-state index in [2.05, 4.69) is 32.2 Å². The summed E-state index contributed by atoms with van der Waals surface area (Å²) in [5.74, 6) is 0. The minimum Gasteiger partial charge on any atom is -0.294 e.